The summed E-state index contributed by atoms with van der Waals surface area (Å²) in [6.45, 7) is 15.9. The van der Waals surface area contributed by atoms with Crippen molar-refractivity contribution in [2.45, 2.75) is 72.8 Å². The lowest BCUT2D eigenvalue weighted by Gasteiger charge is -2.48. The number of hydrogen-bond acceptors (Lipinski definition) is 7. The van der Waals surface area contributed by atoms with E-state index in [1.54, 1.807) is 43.2 Å². The smallest absolute Gasteiger partial charge is 0.350 e. The van der Waals surface area contributed by atoms with Crippen molar-refractivity contribution in [1.29, 1.82) is 0 Å². The van der Waals surface area contributed by atoms with Crippen molar-refractivity contribution < 1.29 is 28.0 Å². The van der Waals surface area contributed by atoms with Crippen LogP contribution >= 0.6 is 7.60 Å². The molecule has 7 nitrogen and oxygen atoms in total. The van der Waals surface area contributed by atoms with Gasteiger partial charge in [0.1, 0.15) is 18.5 Å². The summed E-state index contributed by atoms with van der Waals surface area (Å²) >= 11 is 0. The number of carbonyl (C=O) groups is 1. The van der Waals surface area contributed by atoms with Crippen LogP contribution in [0, 0.1) is 5.41 Å². The van der Waals surface area contributed by atoms with E-state index < -0.39 is 36.4 Å². The standard InChI is InChI=1S/C28H42NO6P/c1-9-33-36(31,34-10-2)26(27(3,4)5)29(28(6,7)8)35-24(22-17-13-11-14-18-22)21-32-25(30)23-19-15-12-16-20-23/h11-20,24,26H,9-10,21H2,1-8H3/t24-,26+/m1/s1. The Kier molecular flexibility index (Phi) is 10.9. The molecule has 0 spiro atoms. The van der Waals surface area contributed by atoms with Crippen molar-refractivity contribution in [1.82, 2.24) is 5.06 Å². The van der Waals surface area contributed by atoms with Crippen molar-refractivity contribution >= 4 is 13.6 Å². The highest BCUT2D eigenvalue weighted by molar-refractivity contribution is 7.54. The van der Waals surface area contributed by atoms with E-state index in [2.05, 4.69) is 0 Å². The Morgan fingerprint density at radius 1 is 0.861 bits per heavy atom. The van der Waals surface area contributed by atoms with Gasteiger partial charge in [0.15, 0.2) is 0 Å². The zero-order valence-corrected chi connectivity index (χ0v) is 23.8. The second kappa shape index (κ2) is 13.0. The molecule has 2 rings (SSSR count). The van der Waals surface area contributed by atoms with Gasteiger partial charge in [-0.2, -0.15) is 5.06 Å². The lowest BCUT2D eigenvalue weighted by molar-refractivity contribution is -0.273. The summed E-state index contributed by atoms with van der Waals surface area (Å²) < 4.78 is 31.5. The molecule has 0 aliphatic heterocycles. The van der Waals surface area contributed by atoms with Gasteiger partial charge in [-0.1, -0.05) is 69.3 Å². The lowest BCUT2D eigenvalue weighted by Crippen LogP contribution is -2.54. The summed E-state index contributed by atoms with van der Waals surface area (Å²) in [5.41, 5.74) is 0.137. The molecule has 0 fully saturated rings. The molecule has 0 saturated heterocycles. The van der Waals surface area contributed by atoms with Gasteiger partial charge in [0.2, 0.25) is 0 Å². The second-order valence-electron chi connectivity index (χ2n) is 10.6. The second-order valence-corrected chi connectivity index (χ2v) is 12.7. The molecular formula is C28H42NO6P. The van der Waals surface area contributed by atoms with E-state index in [0.29, 0.717) is 5.56 Å². The summed E-state index contributed by atoms with van der Waals surface area (Å²) in [6.07, 6.45) is -0.653. The number of hydrogen-bond donors (Lipinski definition) is 0. The van der Waals surface area contributed by atoms with Gasteiger partial charge in [0.05, 0.1) is 18.8 Å². The predicted molar refractivity (Wildman–Crippen MR) is 143 cm³/mol. The number of carbonyl (C=O) groups excluding carboxylic acids is 1. The van der Waals surface area contributed by atoms with Crippen LogP contribution in [0.2, 0.25) is 0 Å². The Bertz CT molecular complexity index is 975. The van der Waals surface area contributed by atoms with Crippen LogP contribution in [0.3, 0.4) is 0 Å². The molecule has 2 aromatic rings. The fourth-order valence-electron chi connectivity index (χ4n) is 3.88. The van der Waals surface area contributed by atoms with Gasteiger partial charge in [-0.25, -0.2) is 4.79 Å². The predicted octanol–water partition coefficient (Wildman–Crippen LogP) is 7.26. The molecule has 36 heavy (non-hydrogen) atoms. The molecule has 0 aliphatic rings. The average Bonchev–Trinajstić information content (AvgIpc) is 2.80. The van der Waals surface area contributed by atoms with Gasteiger partial charge >= 0.3 is 13.6 Å². The quantitative estimate of drug-likeness (QED) is 0.166. The zero-order valence-electron chi connectivity index (χ0n) is 22.9. The largest absolute Gasteiger partial charge is 0.459 e. The fraction of sp³-hybridized carbons (Fsp3) is 0.536. The number of rotatable bonds is 12. The normalized spacial score (nSPS) is 14.5. The van der Waals surface area contributed by atoms with Gasteiger partial charge in [0, 0.05) is 5.54 Å². The Morgan fingerprint density at radius 3 is 1.81 bits per heavy atom. The van der Waals surface area contributed by atoms with Gasteiger partial charge in [-0.05, 0) is 57.7 Å². The lowest BCUT2D eigenvalue weighted by atomic mass is 9.94. The topological polar surface area (TPSA) is 74.3 Å². The Labute approximate surface area is 216 Å². The first kappa shape index (κ1) is 30.2. The highest BCUT2D eigenvalue weighted by atomic mass is 31.2. The fourth-order valence-corrected chi connectivity index (χ4v) is 6.56. The number of nitrogens with zero attached hydrogens (tertiary/aromatic N) is 1. The molecule has 2 aromatic carbocycles. The first-order valence-electron chi connectivity index (χ1n) is 12.5. The third-order valence-corrected chi connectivity index (χ3v) is 8.18. The van der Waals surface area contributed by atoms with Crippen molar-refractivity contribution in [3.63, 3.8) is 0 Å². The Hall–Kier alpha value is -2.02. The van der Waals surface area contributed by atoms with E-state index in [0.717, 1.165) is 5.56 Å². The van der Waals surface area contributed by atoms with Gasteiger partial charge < -0.3 is 13.8 Å². The van der Waals surface area contributed by atoms with Gasteiger partial charge in [0.25, 0.3) is 0 Å². The minimum Gasteiger partial charge on any atom is -0.459 e. The van der Waals surface area contributed by atoms with E-state index in [4.69, 9.17) is 18.6 Å². The summed E-state index contributed by atoms with van der Waals surface area (Å²) in [5, 5.41) is 1.72. The van der Waals surface area contributed by atoms with Gasteiger partial charge in [-0.3, -0.25) is 9.40 Å². The third kappa shape index (κ3) is 8.25. The molecule has 8 heteroatoms. The molecule has 0 N–H and O–H groups in total. The van der Waals surface area contributed by atoms with Crippen LogP contribution in [0.25, 0.3) is 0 Å². The van der Waals surface area contributed by atoms with Crippen LogP contribution in [0.5, 0.6) is 0 Å². The van der Waals surface area contributed by atoms with Crippen LogP contribution in [0.1, 0.15) is 77.4 Å². The Morgan fingerprint density at radius 2 is 1.36 bits per heavy atom. The summed E-state index contributed by atoms with van der Waals surface area (Å²) in [5.74, 6) is -1.18. The molecule has 2 atom stereocenters. The van der Waals surface area contributed by atoms with Crippen LogP contribution < -0.4 is 0 Å². The van der Waals surface area contributed by atoms with Crippen LogP contribution in [-0.4, -0.2) is 42.2 Å². The monoisotopic (exact) mass is 519 g/mol. The highest BCUT2D eigenvalue weighted by Crippen LogP contribution is 2.61. The molecular weight excluding hydrogens is 477 g/mol. The molecule has 0 heterocycles. The maximum atomic E-state index is 14.2. The van der Waals surface area contributed by atoms with E-state index in [-0.39, 0.29) is 19.8 Å². The molecule has 0 aliphatic carbocycles. The van der Waals surface area contributed by atoms with Gasteiger partial charge in [-0.15, -0.1) is 0 Å². The van der Waals surface area contributed by atoms with Crippen molar-refractivity contribution in [2.24, 2.45) is 5.41 Å². The first-order chi connectivity index (χ1) is 16.8. The average molecular weight is 520 g/mol. The zero-order chi connectivity index (χ0) is 27.0. The molecule has 0 bridgehead atoms. The van der Waals surface area contributed by atoms with Crippen molar-refractivity contribution in [3.05, 3.63) is 71.8 Å². The number of benzene rings is 2. The maximum Gasteiger partial charge on any atom is 0.350 e. The Balaban J connectivity index is 2.48. The summed E-state index contributed by atoms with van der Waals surface area (Å²) in [7, 11) is -3.64. The third-order valence-electron chi connectivity index (χ3n) is 5.36. The van der Waals surface area contributed by atoms with Crippen LogP contribution in [0.4, 0.5) is 0 Å². The van der Waals surface area contributed by atoms with Crippen molar-refractivity contribution in [3.8, 4) is 0 Å². The van der Waals surface area contributed by atoms with Crippen molar-refractivity contribution in [2.75, 3.05) is 19.8 Å². The number of ether oxygens (including phenoxy) is 1. The molecule has 0 aromatic heterocycles. The van der Waals surface area contributed by atoms with E-state index >= 15 is 0 Å². The van der Waals surface area contributed by atoms with E-state index in [1.807, 2.05) is 77.9 Å². The molecule has 0 radical (unpaired) electrons. The number of hydroxylamine groups is 2. The SMILES string of the molecule is CCOP(=O)(OCC)[C@H](N(O[C@H](COC(=O)c1ccccc1)c1ccccc1)C(C)(C)C)C(C)(C)C. The number of esters is 1. The molecule has 0 amide bonds. The van der Waals surface area contributed by atoms with Crippen LogP contribution in [-0.2, 0) is 23.2 Å². The maximum absolute atomic E-state index is 14.2. The minimum absolute atomic E-state index is 0.0330. The molecule has 0 saturated carbocycles. The van der Waals surface area contributed by atoms with Crippen LogP contribution in [0.15, 0.2) is 60.7 Å². The first-order valence-corrected chi connectivity index (χ1v) is 14.1. The summed E-state index contributed by atoms with van der Waals surface area (Å²) in [4.78, 5) is 19.3. The van der Waals surface area contributed by atoms with E-state index in [1.165, 1.54) is 0 Å². The molecule has 0 unspecified atom stereocenters. The molecule has 200 valence electrons. The highest BCUT2D eigenvalue weighted by Gasteiger charge is 2.52. The van der Waals surface area contributed by atoms with E-state index in [9.17, 15) is 9.36 Å². The minimum atomic E-state index is -3.64. The summed E-state index contributed by atoms with van der Waals surface area (Å²) in [6, 6.07) is 18.4.